The molecule has 1 aliphatic rings. The summed E-state index contributed by atoms with van der Waals surface area (Å²) in [7, 11) is 1.82. The number of benzene rings is 2. The van der Waals surface area contributed by atoms with E-state index in [1.165, 1.54) is 28.8 Å². The van der Waals surface area contributed by atoms with Crippen LogP contribution in [0, 0.1) is 5.82 Å². The van der Waals surface area contributed by atoms with Gasteiger partial charge in [0, 0.05) is 35.2 Å². The molecule has 24 heavy (non-hydrogen) atoms. The Bertz CT molecular complexity index is 915. The molecule has 0 saturated carbocycles. The Labute approximate surface area is 140 Å². The van der Waals surface area contributed by atoms with E-state index in [9.17, 15) is 9.18 Å². The molecule has 1 N–H and O–H groups in total. The van der Waals surface area contributed by atoms with E-state index in [4.69, 9.17) is 0 Å². The number of hydrogen-bond acceptors (Lipinski definition) is 1. The lowest BCUT2D eigenvalue weighted by atomic mass is 9.90. The summed E-state index contributed by atoms with van der Waals surface area (Å²) in [5.74, 6) is -0.500. The van der Waals surface area contributed by atoms with Crippen molar-refractivity contribution < 1.29 is 9.18 Å². The van der Waals surface area contributed by atoms with E-state index in [-0.39, 0.29) is 17.8 Å². The van der Waals surface area contributed by atoms with E-state index in [0.29, 0.717) is 5.56 Å². The molecule has 4 heteroatoms. The SMILES string of the molecule is CN(C(=O)c1cccc(F)c1)C1CCc2[nH]c3ccccc3c2C1. The molecule has 3 nitrogen and oxygen atoms in total. The number of aryl methyl sites for hydroxylation is 1. The minimum absolute atomic E-state index is 0.122. The molecular weight excluding hydrogens is 303 g/mol. The maximum Gasteiger partial charge on any atom is 0.253 e. The molecule has 122 valence electrons. The van der Waals surface area contributed by atoms with Gasteiger partial charge in [0.2, 0.25) is 0 Å². The molecule has 0 spiro atoms. The maximum absolute atomic E-state index is 13.4. The fourth-order valence-electron chi connectivity index (χ4n) is 3.67. The lowest BCUT2D eigenvalue weighted by Crippen LogP contribution is -2.40. The number of nitrogens with zero attached hydrogens (tertiary/aromatic N) is 1. The highest BCUT2D eigenvalue weighted by Gasteiger charge is 2.28. The largest absolute Gasteiger partial charge is 0.358 e. The summed E-state index contributed by atoms with van der Waals surface area (Å²) >= 11 is 0. The summed E-state index contributed by atoms with van der Waals surface area (Å²) < 4.78 is 13.4. The van der Waals surface area contributed by atoms with Gasteiger partial charge in [-0.3, -0.25) is 4.79 Å². The minimum Gasteiger partial charge on any atom is -0.358 e. The Balaban J connectivity index is 1.60. The van der Waals surface area contributed by atoms with Gasteiger partial charge in [-0.2, -0.15) is 0 Å². The Hall–Kier alpha value is -2.62. The van der Waals surface area contributed by atoms with Gasteiger partial charge in [0.15, 0.2) is 0 Å². The number of carbonyl (C=O) groups excluding carboxylic acids is 1. The first-order valence-corrected chi connectivity index (χ1v) is 8.24. The molecule has 0 saturated heterocycles. The normalized spacial score (nSPS) is 16.8. The average Bonchev–Trinajstić information content (AvgIpc) is 2.98. The second-order valence-corrected chi connectivity index (χ2v) is 6.45. The van der Waals surface area contributed by atoms with E-state index in [2.05, 4.69) is 17.1 Å². The number of amides is 1. The van der Waals surface area contributed by atoms with Crippen molar-refractivity contribution in [2.45, 2.75) is 25.3 Å². The number of nitrogens with one attached hydrogen (secondary N) is 1. The predicted octanol–water partition coefficient (Wildman–Crippen LogP) is 3.94. The smallest absolute Gasteiger partial charge is 0.253 e. The van der Waals surface area contributed by atoms with Crippen molar-refractivity contribution in [2.24, 2.45) is 0 Å². The zero-order valence-corrected chi connectivity index (χ0v) is 13.6. The van der Waals surface area contributed by atoms with Crippen LogP contribution >= 0.6 is 0 Å². The first-order valence-electron chi connectivity index (χ1n) is 8.24. The number of para-hydroxylation sites is 1. The average molecular weight is 322 g/mol. The summed E-state index contributed by atoms with van der Waals surface area (Å²) in [6.45, 7) is 0. The second kappa shape index (κ2) is 5.78. The number of halogens is 1. The van der Waals surface area contributed by atoms with Gasteiger partial charge in [-0.05, 0) is 49.1 Å². The van der Waals surface area contributed by atoms with Crippen molar-refractivity contribution in [1.82, 2.24) is 9.88 Å². The Kier molecular flexibility index (Phi) is 3.60. The predicted molar refractivity (Wildman–Crippen MR) is 92.6 cm³/mol. The molecular formula is C20H19FN2O. The van der Waals surface area contributed by atoms with Crippen LogP contribution in [0.4, 0.5) is 4.39 Å². The van der Waals surface area contributed by atoms with Gasteiger partial charge in [0.1, 0.15) is 5.82 Å². The highest BCUT2D eigenvalue weighted by molar-refractivity contribution is 5.94. The van der Waals surface area contributed by atoms with Crippen molar-refractivity contribution in [3.63, 3.8) is 0 Å². The van der Waals surface area contributed by atoms with Crippen LogP contribution in [0.5, 0.6) is 0 Å². The molecule has 1 unspecified atom stereocenters. The lowest BCUT2D eigenvalue weighted by Gasteiger charge is -2.31. The Morgan fingerprint density at radius 1 is 1.21 bits per heavy atom. The third kappa shape index (κ3) is 2.48. The number of carbonyl (C=O) groups is 1. The van der Waals surface area contributed by atoms with Crippen molar-refractivity contribution in [2.75, 3.05) is 7.05 Å². The van der Waals surface area contributed by atoms with Gasteiger partial charge in [-0.1, -0.05) is 24.3 Å². The molecule has 2 aromatic carbocycles. The highest BCUT2D eigenvalue weighted by atomic mass is 19.1. The first-order chi connectivity index (χ1) is 11.6. The second-order valence-electron chi connectivity index (χ2n) is 6.45. The monoisotopic (exact) mass is 322 g/mol. The third-order valence-corrected chi connectivity index (χ3v) is 5.01. The molecule has 1 heterocycles. The molecule has 0 bridgehead atoms. The molecule has 1 atom stereocenters. The van der Waals surface area contributed by atoms with Gasteiger partial charge in [0.05, 0.1) is 0 Å². The van der Waals surface area contributed by atoms with Crippen molar-refractivity contribution in [1.29, 1.82) is 0 Å². The van der Waals surface area contributed by atoms with E-state index in [1.807, 2.05) is 19.2 Å². The van der Waals surface area contributed by atoms with Crippen LogP contribution in [-0.2, 0) is 12.8 Å². The standard InChI is InChI=1S/C20H19FN2O/c1-23(20(24)13-5-4-6-14(21)11-13)15-9-10-19-17(12-15)16-7-2-3-8-18(16)22-19/h2-8,11,15,22H,9-10,12H2,1H3. The van der Waals surface area contributed by atoms with Crippen molar-refractivity contribution in [3.05, 3.63) is 71.2 Å². The van der Waals surface area contributed by atoms with E-state index in [1.54, 1.807) is 17.0 Å². The van der Waals surface area contributed by atoms with Gasteiger partial charge < -0.3 is 9.88 Å². The van der Waals surface area contributed by atoms with Gasteiger partial charge in [-0.15, -0.1) is 0 Å². The summed E-state index contributed by atoms with van der Waals surface area (Å²) in [4.78, 5) is 17.9. The summed E-state index contributed by atoms with van der Waals surface area (Å²) in [5.41, 5.74) is 4.14. The fourth-order valence-corrected chi connectivity index (χ4v) is 3.67. The molecule has 0 fully saturated rings. The number of rotatable bonds is 2. The summed E-state index contributed by atoms with van der Waals surface area (Å²) in [6.07, 6.45) is 2.67. The fraction of sp³-hybridized carbons (Fsp3) is 0.250. The molecule has 1 aliphatic carbocycles. The lowest BCUT2D eigenvalue weighted by molar-refractivity contribution is 0.0718. The Morgan fingerprint density at radius 2 is 2.04 bits per heavy atom. The van der Waals surface area contributed by atoms with E-state index < -0.39 is 0 Å². The van der Waals surface area contributed by atoms with Gasteiger partial charge >= 0.3 is 0 Å². The third-order valence-electron chi connectivity index (χ3n) is 5.01. The van der Waals surface area contributed by atoms with Crippen LogP contribution in [0.2, 0.25) is 0 Å². The zero-order chi connectivity index (χ0) is 16.7. The molecule has 0 aliphatic heterocycles. The van der Waals surface area contributed by atoms with Crippen LogP contribution in [-0.4, -0.2) is 28.9 Å². The van der Waals surface area contributed by atoms with Crippen molar-refractivity contribution >= 4 is 16.8 Å². The minimum atomic E-state index is -0.378. The molecule has 1 amide bonds. The quantitative estimate of drug-likeness (QED) is 0.762. The highest BCUT2D eigenvalue weighted by Crippen LogP contribution is 2.31. The van der Waals surface area contributed by atoms with Gasteiger partial charge in [-0.25, -0.2) is 4.39 Å². The molecule has 0 radical (unpaired) electrons. The number of hydrogen-bond donors (Lipinski definition) is 1. The van der Waals surface area contributed by atoms with Crippen LogP contribution in [0.15, 0.2) is 48.5 Å². The number of aromatic nitrogens is 1. The molecule has 3 aromatic rings. The van der Waals surface area contributed by atoms with Crippen LogP contribution in [0.3, 0.4) is 0 Å². The number of aromatic amines is 1. The van der Waals surface area contributed by atoms with Crippen molar-refractivity contribution in [3.8, 4) is 0 Å². The number of H-pyrrole nitrogens is 1. The topological polar surface area (TPSA) is 36.1 Å². The van der Waals surface area contributed by atoms with Gasteiger partial charge in [0.25, 0.3) is 5.91 Å². The van der Waals surface area contributed by atoms with E-state index in [0.717, 1.165) is 24.8 Å². The van der Waals surface area contributed by atoms with Crippen LogP contribution < -0.4 is 0 Å². The number of fused-ring (bicyclic) bond motifs is 3. The number of likely N-dealkylation sites (N-methyl/N-ethyl adjacent to an activating group) is 1. The maximum atomic E-state index is 13.4. The van der Waals surface area contributed by atoms with Crippen LogP contribution in [0.1, 0.15) is 28.0 Å². The zero-order valence-electron chi connectivity index (χ0n) is 13.6. The van der Waals surface area contributed by atoms with E-state index >= 15 is 0 Å². The first kappa shape index (κ1) is 14.9. The molecule has 4 rings (SSSR count). The summed E-state index contributed by atoms with van der Waals surface area (Å²) in [6, 6.07) is 14.3. The van der Waals surface area contributed by atoms with Crippen LogP contribution in [0.25, 0.3) is 10.9 Å². The Morgan fingerprint density at radius 3 is 2.88 bits per heavy atom. The molecule has 1 aromatic heterocycles. The summed E-state index contributed by atoms with van der Waals surface area (Å²) in [5, 5.41) is 1.24.